The van der Waals surface area contributed by atoms with Crippen molar-refractivity contribution < 1.29 is 4.79 Å². The van der Waals surface area contributed by atoms with Crippen LogP contribution in [-0.2, 0) is 13.6 Å². The fourth-order valence-electron chi connectivity index (χ4n) is 1.64. The van der Waals surface area contributed by atoms with Crippen LogP contribution in [0.25, 0.3) is 0 Å². The molecule has 0 radical (unpaired) electrons. The van der Waals surface area contributed by atoms with Crippen molar-refractivity contribution in [1.29, 1.82) is 0 Å². The molecule has 2 heterocycles. The molecule has 0 aromatic carbocycles. The first-order chi connectivity index (χ1) is 8.97. The van der Waals surface area contributed by atoms with Crippen LogP contribution in [0.2, 0.25) is 5.15 Å². The first-order valence-electron chi connectivity index (χ1n) is 5.66. The Kier molecular flexibility index (Phi) is 3.71. The largest absolute Gasteiger partial charge is 0.384 e. The van der Waals surface area contributed by atoms with E-state index >= 15 is 0 Å². The third kappa shape index (κ3) is 3.03. The molecule has 0 aliphatic heterocycles. The Morgan fingerprint density at radius 3 is 2.84 bits per heavy atom. The minimum Gasteiger partial charge on any atom is -0.384 e. The first-order valence-corrected chi connectivity index (χ1v) is 6.04. The highest BCUT2D eigenvalue weighted by atomic mass is 35.5. The quantitative estimate of drug-likeness (QED) is 0.829. The molecule has 0 saturated carbocycles. The molecule has 0 aliphatic carbocycles. The molecule has 2 aromatic rings. The zero-order valence-electron chi connectivity index (χ0n) is 10.6. The van der Waals surface area contributed by atoms with E-state index < -0.39 is 0 Å². The molecule has 0 bridgehead atoms. The van der Waals surface area contributed by atoms with Gasteiger partial charge in [-0.05, 0) is 19.1 Å². The summed E-state index contributed by atoms with van der Waals surface area (Å²) in [6.45, 7) is 2.34. The molecule has 0 aliphatic rings. The van der Waals surface area contributed by atoms with Gasteiger partial charge in [0.15, 0.2) is 0 Å². The number of rotatable bonds is 3. The predicted molar refractivity (Wildman–Crippen MR) is 72.8 cm³/mol. The SMILES string of the molecule is Cc1c(CNC(=O)c2cc(N)nc(Cl)c2)cnn1C. The minimum atomic E-state index is -0.251. The summed E-state index contributed by atoms with van der Waals surface area (Å²) in [5, 5.41) is 7.10. The van der Waals surface area contributed by atoms with E-state index in [1.54, 1.807) is 10.9 Å². The second kappa shape index (κ2) is 5.27. The zero-order valence-corrected chi connectivity index (χ0v) is 11.4. The van der Waals surface area contributed by atoms with Gasteiger partial charge in [-0.25, -0.2) is 4.98 Å². The number of nitrogen functional groups attached to an aromatic ring is 1. The van der Waals surface area contributed by atoms with Crippen LogP contribution >= 0.6 is 11.6 Å². The molecule has 6 nitrogen and oxygen atoms in total. The summed E-state index contributed by atoms with van der Waals surface area (Å²) in [6.07, 6.45) is 1.73. The number of pyridine rings is 1. The molecular weight excluding hydrogens is 266 g/mol. The van der Waals surface area contributed by atoms with Gasteiger partial charge in [0.05, 0.1) is 6.20 Å². The van der Waals surface area contributed by atoms with Crippen LogP contribution in [0.15, 0.2) is 18.3 Å². The van der Waals surface area contributed by atoms with E-state index in [0.717, 1.165) is 11.3 Å². The summed E-state index contributed by atoms with van der Waals surface area (Å²) < 4.78 is 1.75. The molecule has 3 N–H and O–H groups in total. The molecule has 1 amide bonds. The van der Waals surface area contributed by atoms with E-state index in [1.165, 1.54) is 12.1 Å². The van der Waals surface area contributed by atoms with Crippen molar-refractivity contribution in [3.63, 3.8) is 0 Å². The monoisotopic (exact) mass is 279 g/mol. The maximum atomic E-state index is 12.0. The first kappa shape index (κ1) is 13.4. The van der Waals surface area contributed by atoms with Crippen molar-refractivity contribution in [1.82, 2.24) is 20.1 Å². The predicted octanol–water partition coefficient (Wildman–Crippen LogP) is 1.29. The number of nitrogens with zero attached hydrogens (tertiary/aromatic N) is 3. The van der Waals surface area contributed by atoms with Gasteiger partial charge in [-0.1, -0.05) is 11.6 Å². The number of carbonyl (C=O) groups is 1. The molecule has 2 aromatic heterocycles. The minimum absolute atomic E-state index is 0.197. The lowest BCUT2D eigenvalue weighted by molar-refractivity contribution is 0.0951. The standard InChI is InChI=1S/C12H14ClN5O/c1-7-9(6-16-18(7)2)5-15-12(19)8-3-10(13)17-11(14)4-8/h3-4,6H,5H2,1-2H3,(H2,14,17)(H,15,19). The third-order valence-corrected chi connectivity index (χ3v) is 3.05. The number of aromatic nitrogens is 3. The maximum absolute atomic E-state index is 12.0. The summed E-state index contributed by atoms with van der Waals surface area (Å²) in [6, 6.07) is 2.96. The van der Waals surface area contributed by atoms with Gasteiger partial charge in [0.25, 0.3) is 5.91 Å². The Balaban J connectivity index is 2.07. The molecule has 7 heteroatoms. The fraction of sp³-hybridized carbons (Fsp3) is 0.250. The summed E-state index contributed by atoms with van der Waals surface area (Å²) in [4.78, 5) is 15.8. The van der Waals surface area contributed by atoms with Crippen LogP contribution in [-0.4, -0.2) is 20.7 Å². The van der Waals surface area contributed by atoms with Crippen molar-refractivity contribution in [2.75, 3.05) is 5.73 Å². The summed E-state index contributed by atoms with van der Waals surface area (Å²) in [5.74, 6) is -0.0329. The summed E-state index contributed by atoms with van der Waals surface area (Å²) in [7, 11) is 1.85. The van der Waals surface area contributed by atoms with Crippen molar-refractivity contribution in [2.24, 2.45) is 7.05 Å². The Morgan fingerprint density at radius 2 is 2.26 bits per heavy atom. The van der Waals surface area contributed by atoms with Crippen LogP contribution in [0, 0.1) is 6.92 Å². The van der Waals surface area contributed by atoms with E-state index in [0.29, 0.717) is 12.1 Å². The van der Waals surface area contributed by atoms with E-state index in [1.807, 2.05) is 14.0 Å². The number of hydrogen-bond donors (Lipinski definition) is 2. The van der Waals surface area contributed by atoms with Crippen LogP contribution in [0.1, 0.15) is 21.6 Å². The number of anilines is 1. The van der Waals surface area contributed by atoms with Gasteiger partial charge in [-0.15, -0.1) is 0 Å². The molecular formula is C12H14ClN5O. The lowest BCUT2D eigenvalue weighted by atomic mass is 10.2. The Bertz CT molecular complexity index is 602. The molecule has 0 spiro atoms. The average Bonchev–Trinajstić information content (AvgIpc) is 2.66. The van der Waals surface area contributed by atoms with Gasteiger partial charge < -0.3 is 11.1 Å². The molecule has 2 rings (SSSR count). The van der Waals surface area contributed by atoms with Crippen molar-refractivity contribution in [2.45, 2.75) is 13.5 Å². The van der Waals surface area contributed by atoms with Gasteiger partial charge in [-0.2, -0.15) is 5.10 Å². The zero-order chi connectivity index (χ0) is 14.0. The van der Waals surface area contributed by atoms with Crippen LogP contribution in [0.5, 0.6) is 0 Å². The maximum Gasteiger partial charge on any atom is 0.251 e. The number of nitrogens with one attached hydrogen (secondary N) is 1. The second-order valence-corrected chi connectivity index (χ2v) is 4.55. The highest BCUT2D eigenvalue weighted by Gasteiger charge is 2.10. The van der Waals surface area contributed by atoms with Crippen molar-refractivity contribution in [3.05, 3.63) is 40.3 Å². The molecule has 0 unspecified atom stereocenters. The Labute approximate surface area is 115 Å². The van der Waals surface area contributed by atoms with E-state index in [9.17, 15) is 4.79 Å². The lowest BCUT2D eigenvalue weighted by Gasteiger charge is -2.06. The second-order valence-electron chi connectivity index (χ2n) is 4.16. The highest BCUT2D eigenvalue weighted by molar-refractivity contribution is 6.29. The smallest absolute Gasteiger partial charge is 0.251 e. The van der Waals surface area contributed by atoms with Crippen molar-refractivity contribution >= 4 is 23.3 Å². The van der Waals surface area contributed by atoms with Gasteiger partial charge in [-0.3, -0.25) is 9.48 Å². The van der Waals surface area contributed by atoms with Crippen LogP contribution in [0.3, 0.4) is 0 Å². The normalized spacial score (nSPS) is 10.5. The highest BCUT2D eigenvalue weighted by Crippen LogP contribution is 2.12. The number of halogens is 1. The lowest BCUT2D eigenvalue weighted by Crippen LogP contribution is -2.23. The summed E-state index contributed by atoms with van der Waals surface area (Å²) in [5.41, 5.74) is 7.90. The number of aryl methyl sites for hydroxylation is 1. The molecule has 19 heavy (non-hydrogen) atoms. The number of nitrogens with two attached hydrogens (primary N) is 1. The topological polar surface area (TPSA) is 85.8 Å². The Morgan fingerprint density at radius 1 is 1.53 bits per heavy atom. The fourth-order valence-corrected chi connectivity index (χ4v) is 1.86. The van der Waals surface area contributed by atoms with Crippen LogP contribution < -0.4 is 11.1 Å². The molecule has 0 fully saturated rings. The van der Waals surface area contributed by atoms with E-state index in [-0.39, 0.29) is 16.9 Å². The number of hydrogen-bond acceptors (Lipinski definition) is 4. The third-order valence-electron chi connectivity index (χ3n) is 2.85. The number of amides is 1. The van der Waals surface area contributed by atoms with Gasteiger partial charge in [0, 0.05) is 30.4 Å². The van der Waals surface area contributed by atoms with Crippen molar-refractivity contribution in [3.8, 4) is 0 Å². The van der Waals surface area contributed by atoms with E-state index in [4.69, 9.17) is 17.3 Å². The van der Waals surface area contributed by atoms with Crippen LogP contribution in [0.4, 0.5) is 5.82 Å². The average molecular weight is 280 g/mol. The molecule has 0 saturated heterocycles. The van der Waals surface area contributed by atoms with Gasteiger partial charge in [0.2, 0.25) is 0 Å². The van der Waals surface area contributed by atoms with Gasteiger partial charge >= 0.3 is 0 Å². The molecule has 0 atom stereocenters. The van der Waals surface area contributed by atoms with Gasteiger partial charge in [0.1, 0.15) is 11.0 Å². The van der Waals surface area contributed by atoms with E-state index in [2.05, 4.69) is 15.4 Å². The Hall–Kier alpha value is -2.08. The molecule has 100 valence electrons. The summed E-state index contributed by atoms with van der Waals surface area (Å²) >= 11 is 5.76. The number of carbonyl (C=O) groups excluding carboxylic acids is 1.